The van der Waals surface area contributed by atoms with Gasteiger partial charge in [-0.05, 0) is 38.0 Å². The maximum Gasteiger partial charge on any atom is 0.230 e. The number of hydrogen-bond donors (Lipinski definition) is 1. The summed E-state index contributed by atoms with van der Waals surface area (Å²) in [5.74, 6) is 0.728. The van der Waals surface area contributed by atoms with Crippen LogP contribution in [0, 0.1) is 12.3 Å². The molecule has 1 aliphatic carbocycles. The van der Waals surface area contributed by atoms with Crippen LogP contribution in [0.5, 0.6) is 0 Å². The van der Waals surface area contributed by atoms with Gasteiger partial charge in [0.05, 0.1) is 18.2 Å². The zero-order valence-corrected chi connectivity index (χ0v) is 11.3. The summed E-state index contributed by atoms with van der Waals surface area (Å²) in [7, 11) is 0. The summed E-state index contributed by atoms with van der Waals surface area (Å²) >= 11 is 0. The summed E-state index contributed by atoms with van der Waals surface area (Å²) in [4.78, 5) is 14.0. The van der Waals surface area contributed by atoms with Crippen LogP contribution in [-0.4, -0.2) is 40.3 Å². The van der Waals surface area contributed by atoms with Gasteiger partial charge < -0.3 is 14.5 Å². The Kier molecular flexibility index (Phi) is 3.09. The summed E-state index contributed by atoms with van der Waals surface area (Å²) < 4.78 is 5.08. The molecule has 2 heterocycles. The molecule has 1 N–H and O–H groups in total. The first kappa shape index (κ1) is 12.7. The van der Waals surface area contributed by atoms with Crippen molar-refractivity contribution in [2.24, 2.45) is 5.41 Å². The number of carbonyl (C=O) groups is 1. The van der Waals surface area contributed by atoms with E-state index in [0.717, 1.165) is 44.5 Å². The van der Waals surface area contributed by atoms with Crippen LogP contribution in [0.15, 0.2) is 10.6 Å². The Hall–Kier alpha value is -1.36. The highest BCUT2D eigenvalue weighted by Gasteiger charge is 2.47. The first-order valence-electron chi connectivity index (χ1n) is 6.97. The van der Waals surface area contributed by atoms with Crippen LogP contribution in [-0.2, 0) is 11.2 Å². The van der Waals surface area contributed by atoms with Gasteiger partial charge in [-0.15, -0.1) is 0 Å². The van der Waals surface area contributed by atoms with Crippen LogP contribution in [0.4, 0.5) is 0 Å². The van der Waals surface area contributed by atoms with E-state index in [2.05, 4.69) is 5.16 Å². The molecule has 104 valence electrons. The van der Waals surface area contributed by atoms with Gasteiger partial charge in [0.1, 0.15) is 5.76 Å². The number of amides is 1. The minimum absolute atomic E-state index is 0.0970. The number of likely N-dealkylation sites (tertiary alicyclic amines) is 1. The summed E-state index contributed by atoms with van der Waals surface area (Å²) in [6.07, 6.45) is 4.02. The van der Waals surface area contributed by atoms with Gasteiger partial charge in [-0.2, -0.15) is 0 Å². The van der Waals surface area contributed by atoms with Crippen LogP contribution < -0.4 is 0 Å². The lowest BCUT2D eigenvalue weighted by molar-refractivity contribution is -0.140. The van der Waals surface area contributed by atoms with Crippen LogP contribution in [0.3, 0.4) is 0 Å². The lowest BCUT2D eigenvalue weighted by Crippen LogP contribution is -2.53. The molecule has 1 saturated carbocycles. The monoisotopic (exact) mass is 264 g/mol. The molecule has 1 spiro atoms. The number of aryl methyl sites for hydroxylation is 1. The molecule has 1 aromatic heterocycles. The second-order valence-corrected chi connectivity index (χ2v) is 5.91. The highest BCUT2D eigenvalue weighted by atomic mass is 16.5. The van der Waals surface area contributed by atoms with Crippen molar-refractivity contribution in [2.75, 3.05) is 13.1 Å². The fourth-order valence-corrected chi connectivity index (χ4v) is 3.23. The first-order chi connectivity index (χ1) is 9.09. The predicted molar refractivity (Wildman–Crippen MR) is 68.4 cm³/mol. The molecule has 19 heavy (non-hydrogen) atoms. The van der Waals surface area contributed by atoms with Crippen molar-refractivity contribution in [2.45, 2.75) is 45.1 Å². The van der Waals surface area contributed by atoms with Crippen LogP contribution in [0.25, 0.3) is 0 Å². The average Bonchev–Trinajstić information content (AvgIpc) is 2.82. The van der Waals surface area contributed by atoms with Crippen molar-refractivity contribution in [3.8, 4) is 0 Å². The molecule has 1 atom stereocenters. The number of carbonyl (C=O) groups excluding carboxylic acids is 1. The lowest BCUT2D eigenvalue weighted by Gasteiger charge is -2.51. The van der Waals surface area contributed by atoms with Crippen LogP contribution in [0.1, 0.15) is 37.1 Å². The van der Waals surface area contributed by atoms with Crippen molar-refractivity contribution in [1.82, 2.24) is 10.1 Å². The number of rotatable bonds is 2. The molecule has 5 heteroatoms. The van der Waals surface area contributed by atoms with Gasteiger partial charge in [0, 0.05) is 19.2 Å². The highest BCUT2D eigenvalue weighted by molar-refractivity contribution is 5.78. The Morgan fingerprint density at radius 3 is 2.74 bits per heavy atom. The third-order valence-corrected chi connectivity index (χ3v) is 4.74. The standard InChI is InChI=1S/C14H20N2O3/c1-10-8-11(19-15-10)9-13(18)16-6-4-14(5-7-16)3-2-12(14)17/h8,12,17H,2-7,9H2,1H3. The molecule has 1 amide bonds. The zero-order chi connectivity index (χ0) is 13.5. The van der Waals surface area contributed by atoms with E-state index in [1.54, 1.807) is 6.07 Å². The van der Waals surface area contributed by atoms with Crippen molar-refractivity contribution in [3.63, 3.8) is 0 Å². The molecule has 2 aliphatic rings. The van der Waals surface area contributed by atoms with Gasteiger partial charge in [-0.25, -0.2) is 0 Å². The van der Waals surface area contributed by atoms with Gasteiger partial charge in [-0.1, -0.05) is 5.16 Å². The van der Waals surface area contributed by atoms with E-state index in [9.17, 15) is 9.90 Å². The largest absolute Gasteiger partial charge is 0.393 e. The molecule has 0 aromatic carbocycles. The average molecular weight is 264 g/mol. The first-order valence-corrected chi connectivity index (χ1v) is 6.97. The van der Waals surface area contributed by atoms with E-state index in [1.807, 2.05) is 11.8 Å². The minimum atomic E-state index is -0.151. The van der Waals surface area contributed by atoms with Gasteiger partial charge in [0.25, 0.3) is 0 Å². The van der Waals surface area contributed by atoms with Gasteiger partial charge in [0.15, 0.2) is 0 Å². The third kappa shape index (κ3) is 2.27. The summed E-state index contributed by atoms with van der Waals surface area (Å²) in [6, 6.07) is 1.80. The third-order valence-electron chi connectivity index (χ3n) is 4.74. The van der Waals surface area contributed by atoms with E-state index >= 15 is 0 Å². The Bertz CT molecular complexity index is 475. The molecule has 5 nitrogen and oxygen atoms in total. The van der Waals surface area contributed by atoms with E-state index in [-0.39, 0.29) is 23.8 Å². The number of piperidine rings is 1. The second kappa shape index (κ2) is 4.63. The minimum Gasteiger partial charge on any atom is -0.393 e. The molecule has 1 saturated heterocycles. The molecule has 3 rings (SSSR count). The molecule has 0 bridgehead atoms. The zero-order valence-electron chi connectivity index (χ0n) is 11.3. The molecule has 1 aliphatic heterocycles. The Labute approximate surface area is 112 Å². The topological polar surface area (TPSA) is 66.6 Å². The molecule has 2 fully saturated rings. The molecule has 1 aromatic rings. The smallest absolute Gasteiger partial charge is 0.230 e. The van der Waals surface area contributed by atoms with E-state index in [0.29, 0.717) is 5.76 Å². The second-order valence-electron chi connectivity index (χ2n) is 5.91. The van der Waals surface area contributed by atoms with Crippen molar-refractivity contribution >= 4 is 5.91 Å². The quantitative estimate of drug-likeness (QED) is 0.874. The Morgan fingerprint density at radius 2 is 2.26 bits per heavy atom. The number of aliphatic hydroxyl groups excluding tert-OH is 1. The maximum atomic E-state index is 12.2. The number of aliphatic hydroxyl groups is 1. The summed E-state index contributed by atoms with van der Waals surface area (Å²) in [6.45, 7) is 3.35. The van der Waals surface area contributed by atoms with Crippen LogP contribution in [0.2, 0.25) is 0 Å². The molecule has 1 unspecified atom stereocenters. The molecular weight excluding hydrogens is 244 g/mol. The maximum absolute atomic E-state index is 12.2. The highest BCUT2D eigenvalue weighted by Crippen LogP contribution is 2.49. The summed E-state index contributed by atoms with van der Waals surface area (Å²) in [5.41, 5.74) is 0.914. The van der Waals surface area contributed by atoms with Gasteiger partial charge >= 0.3 is 0 Å². The van der Waals surface area contributed by atoms with E-state index in [4.69, 9.17) is 4.52 Å². The van der Waals surface area contributed by atoms with Gasteiger partial charge in [0.2, 0.25) is 5.91 Å². The van der Waals surface area contributed by atoms with Gasteiger partial charge in [-0.3, -0.25) is 4.79 Å². The van der Waals surface area contributed by atoms with Crippen molar-refractivity contribution in [1.29, 1.82) is 0 Å². The van der Waals surface area contributed by atoms with Crippen molar-refractivity contribution in [3.05, 3.63) is 17.5 Å². The molecular formula is C14H20N2O3. The number of aromatic nitrogens is 1. The SMILES string of the molecule is Cc1cc(CC(=O)N2CCC3(CCC3O)CC2)on1. The fourth-order valence-electron chi connectivity index (χ4n) is 3.23. The molecule has 0 radical (unpaired) electrons. The fraction of sp³-hybridized carbons (Fsp3) is 0.714. The lowest BCUT2D eigenvalue weighted by atomic mass is 9.61. The number of nitrogens with zero attached hydrogens (tertiary/aromatic N) is 2. The van der Waals surface area contributed by atoms with Crippen molar-refractivity contribution < 1.29 is 14.4 Å². The Morgan fingerprint density at radius 1 is 1.53 bits per heavy atom. The predicted octanol–water partition coefficient (Wildman–Crippen LogP) is 1.29. The number of hydrogen-bond acceptors (Lipinski definition) is 4. The summed E-state index contributed by atoms with van der Waals surface area (Å²) in [5, 5.41) is 13.7. The van der Waals surface area contributed by atoms with E-state index in [1.165, 1.54) is 0 Å². The van der Waals surface area contributed by atoms with E-state index < -0.39 is 0 Å². The Balaban J connectivity index is 1.55. The normalized spacial score (nSPS) is 25.4. The van der Waals surface area contributed by atoms with Crippen LogP contribution >= 0.6 is 0 Å².